The molecule has 2 aliphatic rings. The lowest BCUT2D eigenvalue weighted by molar-refractivity contribution is -0.122. The van der Waals surface area contributed by atoms with Crippen LogP contribution in [0.1, 0.15) is 62.5 Å². The van der Waals surface area contributed by atoms with Crippen LogP contribution in [-0.4, -0.2) is 32.0 Å². The van der Waals surface area contributed by atoms with Crippen molar-refractivity contribution >= 4 is 27.6 Å². The molecule has 2 aromatic rings. The van der Waals surface area contributed by atoms with Crippen molar-refractivity contribution in [2.45, 2.75) is 51.4 Å². The summed E-state index contributed by atoms with van der Waals surface area (Å²) in [5.41, 5.74) is 3.38. The molecule has 1 amide bonds. The first-order valence-electron chi connectivity index (χ1n) is 11.7. The maximum atomic E-state index is 13.4. The number of amides is 1. The standard InChI is InChI=1S/C27H30BrNO5/c1-4-10-34-19-8-6-16(7-9-19)17-12-22-26(23(30)13-17)20(15-25(31)29-22)18-11-21(28)27(32-3)24(14-18)33-5-2/h6-9,11,14,17,20H,4-5,10,12-13,15H2,1-3H3,(H,29,31). The van der Waals surface area contributed by atoms with Gasteiger partial charge in [0.15, 0.2) is 17.3 Å². The van der Waals surface area contributed by atoms with Gasteiger partial charge >= 0.3 is 0 Å². The van der Waals surface area contributed by atoms with Crippen molar-refractivity contribution < 1.29 is 23.8 Å². The highest BCUT2D eigenvalue weighted by molar-refractivity contribution is 9.10. The van der Waals surface area contributed by atoms with Crippen LogP contribution in [0, 0.1) is 0 Å². The van der Waals surface area contributed by atoms with E-state index in [4.69, 9.17) is 14.2 Å². The monoisotopic (exact) mass is 527 g/mol. The largest absolute Gasteiger partial charge is 0.494 e. The second-order valence-electron chi connectivity index (χ2n) is 8.61. The van der Waals surface area contributed by atoms with Gasteiger partial charge in [-0.1, -0.05) is 19.1 Å². The Hall–Kier alpha value is -2.80. The molecule has 4 rings (SSSR count). The summed E-state index contributed by atoms with van der Waals surface area (Å²) in [6.07, 6.45) is 2.21. The average Bonchev–Trinajstić information content (AvgIpc) is 2.82. The van der Waals surface area contributed by atoms with Crippen LogP contribution in [0.4, 0.5) is 0 Å². The normalized spacial score (nSPS) is 20.0. The van der Waals surface area contributed by atoms with Gasteiger partial charge in [-0.3, -0.25) is 9.59 Å². The van der Waals surface area contributed by atoms with Crippen LogP contribution in [0.15, 0.2) is 52.1 Å². The zero-order valence-electron chi connectivity index (χ0n) is 19.8. The molecule has 1 heterocycles. The highest BCUT2D eigenvalue weighted by atomic mass is 79.9. The van der Waals surface area contributed by atoms with Gasteiger partial charge in [0, 0.05) is 30.0 Å². The second kappa shape index (κ2) is 10.6. The second-order valence-corrected chi connectivity index (χ2v) is 9.46. The molecule has 0 saturated heterocycles. The Morgan fingerprint density at radius 3 is 2.44 bits per heavy atom. The van der Waals surface area contributed by atoms with Crippen molar-refractivity contribution in [2.24, 2.45) is 0 Å². The molecule has 6 nitrogen and oxygen atoms in total. The molecule has 0 fully saturated rings. The van der Waals surface area contributed by atoms with E-state index in [1.165, 1.54) is 0 Å². The average molecular weight is 528 g/mol. The summed E-state index contributed by atoms with van der Waals surface area (Å²) >= 11 is 3.56. The fraction of sp³-hybridized carbons (Fsp3) is 0.407. The number of carbonyl (C=O) groups is 2. The number of carbonyl (C=O) groups excluding carboxylic acids is 2. The van der Waals surface area contributed by atoms with Crippen LogP contribution >= 0.6 is 15.9 Å². The van der Waals surface area contributed by atoms with E-state index in [0.717, 1.165) is 33.5 Å². The Kier molecular flexibility index (Phi) is 7.61. The van der Waals surface area contributed by atoms with Crippen LogP contribution in [0.3, 0.4) is 0 Å². The van der Waals surface area contributed by atoms with Gasteiger partial charge in [0.25, 0.3) is 0 Å². The number of rotatable bonds is 8. The zero-order valence-corrected chi connectivity index (χ0v) is 21.4. The Morgan fingerprint density at radius 2 is 1.76 bits per heavy atom. The van der Waals surface area contributed by atoms with Crippen LogP contribution in [0.25, 0.3) is 0 Å². The number of hydrogen-bond donors (Lipinski definition) is 1. The van der Waals surface area contributed by atoms with E-state index in [1.807, 2.05) is 43.3 Å². The molecule has 2 unspecified atom stereocenters. The zero-order chi connectivity index (χ0) is 24.2. The Morgan fingerprint density at radius 1 is 1.00 bits per heavy atom. The third-order valence-corrected chi connectivity index (χ3v) is 6.89. The third kappa shape index (κ3) is 4.99. The van der Waals surface area contributed by atoms with Crippen LogP contribution < -0.4 is 19.5 Å². The number of hydrogen-bond acceptors (Lipinski definition) is 5. The predicted octanol–water partition coefficient (Wildman–Crippen LogP) is 5.65. The van der Waals surface area contributed by atoms with Gasteiger partial charge in [-0.05, 0) is 77.0 Å². The highest BCUT2D eigenvalue weighted by Crippen LogP contribution is 2.46. The lowest BCUT2D eigenvalue weighted by atomic mass is 9.73. The molecular formula is C27H30BrNO5. The Labute approximate surface area is 208 Å². The lowest BCUT2D eigenvalue weighted by Crippen LogP contribution is -2.38. The third-order valence-electron chi connectivity index (χ3n) is 6.30. The minimum atomic E-state index is -0.316. The van der Waals surface area contributed by atoms with Crippen molar-refractivity contribution in [2.75, 3.05) is 20.3 Å². The predicted molar refractivity (Wildman–Crippen MR) is 134 cm³/mol. The van der Waals surface area contributed by atoms with Crippen molar-refractivity contribution in [3.63, 3.8) is 0 Å². The van der Waals surface area contributed by atoms with E-state index in [1.54, 1.807) is 7.11 Å². The molecule has 1 N–H and O–H groups in total. The van der Waals surface area contributed by atoms with E-state index in [-0.39, 0.29) is 29.9 Å². The Balaban J connectivity index is 1.65. The van der Waals surface area contributed by atoms with Gasteiger partial charge in [0.05, 0.1) is 24.8 Å². The van der Waals surface area contributed by atoms with Gasteiger partial charge in [0.2, 0.25) is 5.91 Å². The molecule has 1 aliphatic carbocycles. The summed E-state index contributed by atoms with van der Waals surface area (Å²) in [4.78, 5) is 26.1. The fourth-order valence-corrected chi connectivity index (χ4v) is 5.41. The number of benzene rings is 2. The van der Waals surface area contributed by atoms with E-state index >= 15 is 0 Å². The van der Waals surface area contributed by atoms with Crippen LogP contribution in [0.2, 0.25) is 0 Å². The van der Waals surface area contributed by atoms with Crippen LogP contribution in [-0.2, 0) is 9.59 Å². The van der Waals surface area contributed by atoms with Gasteiger partial charge < -0.3 is 19.5 Å². The van der Waals surface area contributed by atoms with Crippen LogP contribution in [0.5, 0.6) is 17.2 Å². The topological polar surface area (TPSA) is 73.9 Å². The number of ketones is 1. The number of Topliss-reactive ketones (excluding diaryl/α,β-unsaturated/α-hetero) is 1. The van der Waals surface area contributed by atoms with E-state index in [0.29, 0.717) is 43.1 Å². The van der Waals surface area contributed by atoms with E-state index in [9.17, 15) is 9.59 Å². The molecule has 34 heavy (non-hydrogen) atoms. The molecule has 180 valence electrons. The number of nitrogens with one attached hydrogen (secondary N) is 1. The summed E-state index contributed by atoms with van der Waals surface area (Å²) in [5.74, 6) is 1.72. The summed E-state index contributed by atoms with van der Waals surface area (Å²) in [7, 11) is 1.59. The van der Waals surface area contributed by atoms with Crippen molar-refractivity contribution in [3.05, 3.63) is 63.3 Å². The highest BCUT2D eigenvalue weighted by Gasteiger charge is 2.38. The minimum absolute atomic E-state index is 0.0205. The quantitative estimate of drug-likeness (QED) is 0.480. The number of ether oxygens (including phenoxy) is 3. The molecule has 0 saturated carbocycles. The first-order valence-corrected chi connectivity index (χ1v) is 12.5. The summed E-state index contributed by atoms with van der Waals surface area (Å²) < 4.78 is 17.7. The fourth-order valence-electron chi connectivity index (χ4n) is 4.79. The number of methoxy groups -OCH3 is 1. The molecule has 7 heteroatoms. The summed E-state index contributed by atoms with van der Waals surface area (Å²) in [6.45, 7) is 5.13. The molecule has 1 aliphatic heterocycles. The van der Waals surface area contributed by atoms with E-state index < -0.39 is 0 Å². The molecular weight excluding hydrogens is 498 g/mol. The van der Waals surface area contributed by atoms with Crippen molar-refractivity contribution in [1.29, 1.82) is 0 Å². The summed E-state index contributed by atoms with van der Waals surface area (Å²) in [6, 6.07) is 11.7. The molecule has 0 spiro atoms. The minimum Gasteiger partial charge on any atom is -0.494 e. The first-order chi connectivity index (χ1) is 16.4. The summed E-state index contributed by atoms with van der Waals surface area (Å²) in [5, 5.41) is 2.99. The van der Waals surface area contributed by atoms with E-state index in [2.05, 4.69) is 28.2 Å². The number of halogens is 1. The first kappa shape index (κ1) is 24.3. The van der Waals surface area contributed by atoms with Gasteiger partial charge in [-0.25, -0.2) is 0 Å². The molecule has 2 aromatic carbocycles. The smallest absolute Gasteiger partial charge is 0.225 e. The van der Waals surface area contributed by atoms with Gasteiger partial charge in [-0.15, -0.1) is 0 Å². The van der Waals surface area contributed by atoms with Gasteiger partial charge in [0.1, 0.15) is 5.75 Å². The SMILES string of the molecule is CCCOc1ccc(C2CC(=O)C3=C(C2)NC(=O)CC3c2cc(Br)c(OC)c(OCC)c2)cc1. The molecule has 0 aromatic heterocycles. The lowest BCUT2D eigenvalue weighted by Gasteiger charge is -2.34. The van der Waals surface area contributed by atoms with Crippen molar-refractivity contribution in [3.8, 4) is 17.2 Å². The van der Waals surface area contributed by atoms with Gasteiger partial charge in [-0.2, -0.15) is 0 Å². The Bertz CT molecular complexity index is 1110. The molecule has 0 radical (unpaired) electrons. The van der Waals surface area contributed by atoms with Crippen molar-refractivity contribution in [1.82, 2.24) is 5.32 Å². The molecule has 2 atom stereocenters. The maximum absolute atomic E-state index is 13.4. The number of allylic oxidation sites excluding steroid dienone is 2. The molecule has 0 bridgehead atoms. The maximum Gasteiger partial charge on any atom is 0.225 e.